The highest BCUT2D eigenvalue weighted by Crippen LogP contribution is 2.11. The van der Waals surface area contributed by atoms with E-state index in [-0.39, 0.29) is 0 Å². The molecule has 0 heterocycles. The quantitative estimate of drug-likeness (QED) is 0.488. The summed E-state index contributed by atoms with van der Waals surface area (Å²) in [5, 5.41) is 0. The first-order valence-corrected chi connectivity index (χ1v) is 7.50. The molecule has 0 unspecified atom stereocenters. The van der Waals surface area contributed by atoms with E-state index in [9.17, 15) is 4.79 Å². The fourth-order valence-electron chi connectivity index (χ4n) is 1.53. The second-order valence-corrected chi connectivity index (χ2v) is 5.41. The maximum Gasteiger partial charge on any atom is 0.129 e. The van der Waals surface area contributed by atoms with Gasteiger partial charge < -0.3 is 4.79 Å². The molecule has 0 saturated carbocycles. The minimum atomic E-state index is 0.339. The standard InChI is InChI=1S/C13H26OS/c1-3-11-15-12-9-7-5-4-6-8-10-13(2)14/h3-12H2,1-2H3. The topological polar surface area (TPSA) is 17.1 Å². The van der Waals surface area contributed by atoms with Crippen molar-refractivity contribution in [2.24, 2.45) is 0 Å². The molecule has 0 amide bonds. The summed E-state index contributed by atoms with van der Waals surface area (Å²) in [4.78, 5) is 10.7. The number of thioether (sulfide) groups is 1. The summed E-state index contributed by atoms with van der Waals surface area (Å²) in [6.45, 7) is 3.92. The molecular formula is C13H26OS. The third-order valence-corrected chi connectivity index (χ3v) is 3.69. The Morgan fingerprint density at radius 1 is 0.933 bits per heavy atom. The summed E-state index contributed by atoms with van der Waals surface area (Å²) in [5.74, 6) is 2.99. The zero-order chi connectivity index (χ0) is 11.4. The van der Waals surface area contributed by atoms with Crippen LogP contribution >= 0.6 is 11.8 Å². The molecule has 15 heavy (non-hydrogen) atoms. The van der Waals surface area contributed by atoms with E-state index in [2.05, 4.69) is 18.7 Å². The van der Waals surface area contributed by atoms with Gasteiger partial charge in [-0.25, -0.2) is 0 Å². The molecule has 0 aliphatic heterocycles. The minimum absolute atomic E-state index is 0.339. The predicted molar refractivity (Wildman–Crippen MR) is 70.6 cm³/mol. The minimum Gasteiger partial charge on any atom is -0.300 e. The normalized spacial score (nSPS) is 10.5. The first kappa shape index (κ1) is 15.0. The Labute approximate surface area is 99.4 Å². The van der Waals surface area contributed by atoms with Crippen molar-refractivity contribution in [2.75, 3.05) is 11.5 Å². The van der Waals surface area contributed by atoms with Gasteiger partial charge in [0.2, 0.25) is 0 Å². The van der Waals surface area contributed by atoms with Crippen LogP contribution in [0.4, 0.5) is 0 Å². The molecule has 0 fully saturated rings. The van der Waals surface area contributed by atoms with Crippen LogP contribution in [-0.2, 0) is 4.79 Å². The number of ketones is 1. The molecule has 0 radical (unpaired) electrons. The largest absolute Gasteiger partial charge is 0.300 e. The fraction of sp³-hybridized carbons (Fsp3) is 0.923. The Bertz CT molecular complexity index is 145. The lowest BCUT2D eigenvalue weighted by Gasteiger charge is -2.01. The molecular weight excluding hydrogens is 204 g/mol. The summed E-state index contributed by atoms with van der Waals surface area (Å²) < 4.78 is 0. The van der Waals surface area contributed by atoms with Gasteiger partial charge in [0.05, 0.1) is 0 Å². The molecule has 0 aliphatic carbocycles. The second-order valence-electron chi connectivity index (χ2n) is 4.19. The SMILES string of the molecule is CCCSCCCCCCCCC(C)=O. The van der Waals surface area contributed by atoms with E-state index < -0.39 is 0 Å². The van der Waals surface area contributed by atoms with E-state index in [1.807, 2.05) is 0 Å². The summed E-state index contributed by atoms with van der Waals surface area (Å²) in [6.07, 6.45) is 9.83. The number of unbranched alkanes of at least 4 members (excludes halogenated alkanes) is 5. The van der Waals surface area contributed by atoms with Gasteiger partial charge in [-0.2, -0.15) is 11.8 Å². The van der Waals surface area contributed by atoms with Crippen molar-refractivity contribution in [3.63, 3.8) is 0 Å². The van der Waals surface area contributed by atoms with E-state index in [0.717, 1.165) is 12.8 Å². The van der Waals surface area contributed by atoms with E-state index in [1.165, 1.54) is 50.0 Å². The van der Waals surface area contributed by atoms with Crippen LogP contribution in [-0.4, -0.2) is 17.3 Å². The van der Waals surface area contributed by atoms with E-state index >= 15 is 0 Å². The van der Waals surface area contributed by atoms with Crippen LogP contribution in [0.25, 0.3) is 0 Å². The highest BCUT2D eigenvalue weighted by Gasteiger charge is 1.94. The maximum atomic E-state index is 10.7. The van der Waals surface area contributed by atoms with E-state index in [4.69, 9.17) is 0 Å². The Morgan fingerprint density at radius 3 is 2.13 bits per heavy atom. The highest BCUT2D eigenvalue weighted by atomic mass is 32.2. The van der Waals surface area contributed by atoms with Crippen LogP contribution in [0, 0.1) is 0 Å². The second kappa shape index (κ2) is 12.1. The van der Waals surface area contributed by atoms with Gasteiger partial charge in [-0.1, -0.05) is 32.6 Å². The van der Waals surface area contributed by atoms with Crippen LogP contribution in [0.1, 0.15) is 65.2 Å². The molecule has 0 N–H and O–H groups in total. The summed E-state index contributed by atoms with van der Waals surface area (Å²) in [7, 11) is 0. The lowest BCUT2D eigenvalue weighted by Crippen LogP contribution is -1.89. The Hall–Kier alpha value is 0.0200. The number of rotatable bonds is 11. The Morgan fingerprint density at radius 2 is 1.53 bits per heavy atom. The van der Waals surface area contributed by atoms with Gasteiger partial charge in [0, 0.05) is 6.42 Å². The van der Waals surface area contributed by atoms with Gasteiger partial charge in [-0.05, 0) is 37.7 Å². The van der Waals surface area contributed by atoms with Gasteiger partial charge in [-0.15, -0.1) is 0 Å². The first-order chi connectivity index (χ1) is 7.27. The third-order valence-electron chi connectivity index (χ3n) is 2.42. The molecule has 0 aromatic rings. The number of hydrogen-bond acceptors (Lipinski definition) is 2. The first-order valence-electron chi connectivity index (χ1n) is 6.34. The van der Waals surface area contributed by atoms with Crippen LogP contribution < -0.4 is 0 Å². The smallest absolute Gasteiger partial charge is 0.129 e. The number of carbonyl (C=O) groups excluding carboxylic acids is 1. The molecule has 1 nitrogen and oxygen atoms in total. The van der Waals surface area contributed by atoms with Gasteiger partial charge in [0.15, 0.2) is 0 Å². The molecule has 0 rings (SSSR count). The van der Waals surface area contributed by atoms with Crippen LogP contribution in [0.3, 0.4) is 0 Å². The lowest BCUT2D eigenvalue weighted by atomic mass is 10.1. The summed E-state index contributed by atoms with van der Waals surface area (Å²) in [6, 6.07) is 0. The fourth-order valence-corrected chi connectivity index (χ4v) is 2.43. The van der Waals surface area contributed by atoms with Gasteiger partial charge in [0.25, 0.3) is 0 Å². The van der Waals surface area contributed by atoms with Crippen molar-refractivity contribution in [2.45, 2.75) is 65.2 Å². The average Bonchev–Trinajstić information content (AvgIpc) is 2.20. The summed E-state index contributed by atoms with van der Waals surface area (Å²) >= 11 is 2.08. The number of hydrogen-bond donors (Lipinski definition) is 0. The third kappa shape index (κ3) is 14.0. The van der Waals surface area contributed by atoms with Crippen molar-refractivity contribution in [3.05, 3.63) is 0 Å². The van der Waals surface area contributed by atoms with E-state index in [0.29, 0.717) is 5.78 Å². The van der Waals surface area contributed by atoms with Crippen LogP contribution in [0.15, 0.2) is 0 Å². The molecule has 0 spiro atoms. The maximum absolute atomic E-state index is 10.7. The van der Waals surface area contributed by atoms with E-state index in [1.54, 1.807) is 6.92 Å². The Balaban J connectivity index is 2.89. The molecule has 0 atom stereocenters. The van der Waals surface area contributed by atoms with Crippen molar-refractivity contribution < 1.29 is 4.79 Å². The van der Waals surface area contributed by atoms with Crippen molar-refractivity contribution in [1.29, 1.82) is 0 Å². The lowest BCUT2D eigenvalue weighted by molar-refractivity contribution is -0.117. The molecule has 0 aromatic carbocycles. The molecule has 0 aromatic heterocycles. The zero-order valence-electron chi connectivity index (χ0n) is 10.4. The van der Waals surface area contributed by atoms with Gasteiger partial charge in [-0.3, -0.25) is 0 Å². The molecule has 0 saturated heterocycles. The van der Waals surface area contributed by atoms with Crippen LogP contribution in [0.2, 0.25) is 0 Å². The molecule has 90 valence electrons. The van der Waals surface area contributed by atoms with Crippen LogP contribution in [0.5, 0.6) is 0 Å². The van der Waals surface area contributed by atoms with Gasteiger partial charge >= 0.3 is 0 Å². The average molecular weight is 230 g/mol. The van der Waals surface area contributed by atoms with Crippen molar-refractivity contribution >= 4 is 17.5 Å². The van der Waals surface area contributed by atoms with Gasteiger partial charge in [0.1, 0.15) is 5.78 Å². The molecule has 0 bridgehead atoms. The Kier molecular flexibility index (Phi) is 12.1. The van der Waals surface area contributed by atoms with Crippen molar-refractivity contribution in [1.82, 2.24) is 0 Å². The zero-order valence-corrected chi connectivity index (χ0v) is 11.2. The van der Waals surface area contributed by atoms with Crippen molar-refractivity contribution in [3.8, 4) is 0 Å². The number of carbonyl (C=O) groups is 1. The number of Topliss-reactive ketones (excluding diaryl/α,β-unsaturated/α-hetero) is 1. The molecule has 0 aliphatic rings. The monoisotopic (exact) mass is 230 g/mol. The summed E-state index contributed by atoms with van der Waals surface area (Å²) in [5.41, 5.74) is 0. The molecule has 2 heteroatoms. The predicted octanol–water partition coefficient (Wildman–Crippen LogP) is 4.45. The highest BCUT2D eigenvalue weighted by molar-refractivity contribution is 7.99.